The molecule has 1 aliphatic rings. The van der Waals surface area contributed by atoms with E-state index in [1.807, 2.05) is 18.4 Å². The van der Waals surface area contributed by atoms with Crippen LogP contribution in [0, 0.1) is 6.92 Å². The van der Waals surface area contributed by atoms with Crippen molar-refractivity contribution in [2.24, 2.45) is 5.10 Å². The fourth-order valence-corrected chi connectivity index (χ4v) is 4.75. The van der Waals surface area contributed by atoms with E-state index in [0.29, 0.717) is 10.6 Å². The van der Waals surface area contributed by atoms with Gasteiger partial charge in [-0.3, -0.25) is 9.59 Å². The van der Waals surface area contributed by atoms with Crippen LogP contribution in [0.15, 0.2) is 16.5 Å². The average molecular weight is 391 g/mol. The van der Waals surface area contributed by atoms with Crippen LogP contribution in [-0.4, -0.2) is 31.1 Å². The fraction of sp³-hybridized carbons (Fsp3) is 0.294. The summed E-state index contributed by atoms with van der Waals surface area (Å²) in [5.41, 5.74) is 4.49. The first kappa shape index (κ1) is 18.3. The van der Waals surface area contributed by atoms with Crippen molar-refractivity contribution in [3.05, 3.63) is 37.9 Å². The van der Waals surface area contributed by atoms with Crippen LogP contribution in [0.2, 0.25) is 0 Å². The molecule has 0 saturated carbocycles. The van der Waals surface area contributed by atoms with E-state index in [1.165, 1.54) is 36.0 Å². The lowest BCUT2D eigenvalue weighted by Crippen LogP contribution is -2.32. The number of thiophene rings is 2. The van der Waals surface area contributed by atoms with Crippen LogP contribution < -0.4 is 10.7 Å². The Hall–Kier alpha value is -2.52. The zero-order valence-corrected chi connectivity index (χ0v) is 15.9. The number of carbonyl (C=O) groups is 3. The highest BCUT2D eigenvalue weighted by Crippen LogP contribution is 2.39. The summed E-state index contributed by atoms with van der Waals surface area (Å²) >= 11 is 2.79. The summed E-state index contributed by atoms with van der Waals surface area (Å²) in [6, 6.07) is 1.94. The molecule has 0 unspecified atom stereocenters. The Balaban J connectivity index is 1.68. The van der Waals surface area contributed by atoms with Crippen LogP contribution in [0.3, 0.4) is 0 Å². The van der Waals surface area contributed by atoms with Gasteiger partial charge < -0.3 is 10.1 Å². The van der Waals surface area contributed by atoms with Crippen LogP contribution >= 0.6 is 22.7 Å². The summed E-state index contributed by atoms with van der Waals surface area (Å²) in [5, 5.41) is 8.56. The smallest absolute Gasteiger partial charge is 0.341 e. The van der Waals surface area contributed by atoms with Crippen molar-refractivity contribution in [3.63, 3.8) is 0 Å². The van der Waals surface area contributed by atoms with Crippen LogP contribution in [0.5, 0.6) is 0 Å². The molecule has 7 nitrogen and oxygen atoms in total. The van der Waals surface area contributed by atoms with Gasteiger partial charge in [-0.1, -0.05) is 0 Å². The van der Waals surface area contributed by atoms with Gasteiger partial charge in [0.15, 0.2) is 0 Å². The van der Waals surface area contributed by atoms with Crippen LogP contribution in [0.25, 0.3) is 0 Å². The minimum atomic E-state index is -0.903. The number of methoxy groups -OCH3 is 1. The summed E-state index contributed by atoms with van der Waals surface area (Å²) < 4.78 is 4.81. The van der Waals surface area contributed by atoms with Gasteiger partial charge in [0.1, 0.15) is 5.00 Å². The van der Waals surface area contributed by atoms with E-state index in [-0.39, 0.29) is 0 Å². The molecular formula is C17H17N3O4S2. The van der Waals surface area contributed by atoms with Gasteiger partial charge in [0.05, 0.1) is 18.9 Å². The number of nitrogens with zero attached hydrogens (tertiary/aromatic N) is 1. The highest BCUT2D eigenvalue weighted by atomic mass is 32.1. The molecule has 2 heterocycles. The molecule has 2 aromatic heterocycles. The highest BCUT2D eigenvalue weighted by Gasteiger charge is 2.29. The van der Waals surface area contributed by atoms with Gasteiger partial charge in [-0.2, -0.15) is 5.10 Å². The van der Waals surface area contributed by atoms with E-state index < -0.39 is 17.8 Å². The predicted octanol–water partition coefficient (Wildman–Crippen LogP) is 2.48. The zero-order valence-electron chi connectivity index (χ0n) is 14.3. The van der Waals surface area contributed by atoms with Crippen molar-refractivity contribution in [2.75, 3.05) is 12.4 Å². The summed E-state index contributed by atoms with van der Waals surface area (Å²) in [7, 11) is 1.29. The van der Waals surface area contributed by atoms with Crippen molar-refractivity contribution >= 4 is 51.7 Å². The first-order valence-electron chi connectivity index (χ1n) is 7.92. The molecule has 0 spiro atoms. The molecule has 0 aliphatic heterocycles. The third-order valence-electron chi connectivity index (χ3n) is 3.99. The molecule has 0 radical (unpaired) electrons. The SMILES string of the molecule is COC(=O)c1c(NC(=O)C(=O)N/N=C/c2sccc2C)sc2c1CCC2. The molecule has 2 N–H and O–H groups in total. The van der Waals surface area contributed by atoms with E-state index in [2.05, 4.69) is 15.8 Å². The first-order chi connectivity index (χ1) is 12.5. The lowest BCUT2D eigenvalue weighted by molar-refractivity contribution is -0.136. The zero-order chi connectivity index (χ0) is 18.7. The van der Waals surface area contributed by atoms with Gasteiger partial charge >= 0.3 is 17.8 Å². The summed E-state index contributed by atoms with van der Waals surface area (Å²) in [4.78, 5) is 38.1. The molecule has 26 heavy (non-hydrogen) atoms. The second kappa shape index (κ2) is 7.79. The normalized spacial score (nSPS) is 12.8. The van der Waals surface area contributed by atoms with Crippen molar-refractivity contribution < 1.29 is 19.1 Å². The number of anilines is 1. The summed E-state index contributed by atoms with van der Waals surface area (Å²) in [6.07, 6.45) is 4.08. The van der Waals surface area contributed by atoms with E-state index in [4.69, 9.17) is 4.74 Å². The molecule has 0 atom stereocenters. The topological polar surface area (TPSA) is 96.9 Å². The molecule has 0 fully saturated rings. The monoisotopic (exact) mass is 391 g/mol. The number of hydrazone groups is 1. The number of hydrogen-bond acceptors (Lipinski definition) is 7. The largest absolute Gasteiger partial charge is 0.465 e. The van der Waals surface area contributed by atoms with Gasteiger partial charge in [-0.15, -0.1) is 22.7 Å². The molecule has 3 rings (SSSR count). The average Bonchev–Trinajstić information content (AvgIpc) is 3.30. The minimum Gasteiger partial charge on any atom is -0.465 e. The number of esters is 1. The molecule has 0 aromatic carbocycles. The first-order valence-corrected chi connectivity index (χ1v) is 9.62. The van der Waals surface area contributed by atoms with Crippen LogP contribution in [0.4, 0.5) is 5.00 Å². The van der Waals surface area contributed by atoms with E-state index in [9.17, 15) is 14.4 Å². The van der Waals surface area contributed by atoms with Crippen molar-refractivity contribution in [2.45, 2.75) is 26.2 Å². The fourth-order valence-electron chi connectivity index (χ4n) is 2.69. The Labute approximate surface area is 158 Å². The number of nitrogens with one attached hydrogen (secondary N) is 2. The van der Waals surface area contributed by atoms with Gasteiger partial charge in [-0.05, 0) is 48.8 Å². The molecular weight excluding hydrogens is 374 g/mol. The Morgan fingerprint density at radius 2 is 2.08 bits per heavy atom. The third kappa shape index (κ3) is 3.68. The van der Waals surface area contributed by atoms with Crippen molar-refractivity contribution in [1.82, 2.24) is 5.43 Å². The highest BCUT2D eigenvalue weighted by molar-refractivity contribution is 7.17. The van der Waals surface area contributed by atoms with Gasteiger partial charge in [0.2, 0.25) is 0 Å². The maximum absolute atomic E-state index is 12.1. The molecule has 9 heteroatoms. The minimum absolute atomic E-state index is 0.347. The Morgan fingerprint density at radius 1 is 1.27 bits per heavy atom. The van der Waals surface area contributed by atoms with E-state index in [0.717, 1.165) is 40.1 Å². The second-order valence-corrected chi connectivity index (χ2v) is 7.73. The number of aryl methyl sites for hydroxylation is 2. The number of carbonyl (C=O) groups excluding carboxylic acids is 3. The Bertz CT molecular complexity index is 898. The summed E-state index contributed by atoms with van der Waals surface area (Å²) in [6.45, 7) is 1.93. The molecule has 2 amide bonds. The standard InChI is InChI=1S/C17H17N3O4S2/c1-9-6-7-25-12(9)8-18-20-15(22)14(21)19-16-13(17(23)24-2)10-4-3-5-11(10)26-16/h6-8H,3-5H2,1-2H3,(H,19,21)(H,20,22)/b18-8+. The molecule has 1 aliphatic carbocycles. The molecule has 2 aromatic rings. The molecule has 0 bridgehead atoms. The lowest BCUT2D eigenvalue weighted by atomic mass is 10.1. The van der Waals surface area contributed by atoms with Gasteiger partial charge in [0, 0.05) is 9.75 Å². The predicted molar refractivity (Wildman–Crippen MR) is 101 cm³/mol. The number of rotatable bonds is 4. The summed E-state index contributed by atoms with van der Waals surface area (Å²) in [5.74, 6) is -2.29. The Kier molecular flexibility index (Phi) is 5.48. The number of fused-ring (bicyclic) bond motifs is 1. The number of amides is 2. The number of hydrogen-bond donors (Lipinski definition) is 2. The molecule has 0 saturated heterocycles. The maximum Gasteiger partial charge on any atom is 0.341 e. The van der Waals surface area contributed by atoms with Crippen molar-refractivity contribution in [3.8, 4) is 0 Å². The van der Waals surface area contributed by atoms with Crippen molar-refractivity contribution in [1.29, 1.82) is 0 Å². The number of ether oxygens (including phenoxy) is 1. The molecule has 136 valence electrons. The lowest BCUT2D eigenvalue weighted by Gasteiger charge is -2.06. The van der Waals surface area contributed by atoms with Crippen LogP contribution in [-0.2, 0) is 27.2 Å². The van der Waals surface area contributed by atoms with Gasteiger partial charge in [-0.25, -0.2) is 10.2 Å². The Morgan fingerprint density at radius 3 is 2.77 bits per heavy atom. The van der Waals surface area contributed by atoms with Crippen LogP contribution in [0.1, 0.15) is 37.7 Å². The van der Waals surface area contributed by atoms with E-state index >= 15 is 0 Å². The van der Waals surface area contributed by atoms with Gasteiger partial charge in [0.25, 0.3) is 0 Å². The maximum atomic E-state index is 12.1. The second-order valence-electron chi connectivity index (χ2n) is 5.67. The third-order valence-corrected chi connectivity index (χ3v) is 6.15. The van der Waals surface area contributed by atoms with E-state index in [1.54, 1.807) is 0 Å². The quantitative estimate of drug-likeness (QED) is 0.362.